The molecular weight excluding hydrogens is 228 g/mol. The Balaban J connectivity index is 2.76. The highest BCUT2D eigenvalue weighted by atomic mass is 16.1. The molecule has 0 saturated heterocycles. The Hall–Kier alpha value is -1.93. The summed E-state index contributed by atoms with van der Waals surface area (Å²) in [5.74, 6) is -0.0224. The van der Waals surface area contributed by atoms with Crippen molar-refractivity contribution in [1.82, 2.24) is 15.2 Å². The van der Waals surface area contributed by atoms with Crippen molar-refractivity contribution in [1.29, 1.82) is 5.26 Å². The first-order valence-corrected chi connectivity index (χ1v) is 5.98. The number of carbonyl (C=O) groups excluding carboxylic acids is 1. The van der Waals surface area contributed by atoms with Crippen molar-refractivity contribution in [3.63, 3.8) is 0 Å². The number of nitriles is 1. The van der Waals surface area contributed by atoms with Gasteiger partial charge in [0.05, 0.1) is 6.54 Å². The lowest BCUT2D eigenvalue weighted by Crippen LogP contribution is -2.35. The van der Waals surface area contributed by atoms with Crippen molar-refractivity contribution in [3.8, 4) is 6.07 Å². The van der Waals surface area contributed by atoms with Crippen LogP contribution in [0.2, 0.25) is 0 Å². The summed E-state index contributed by atoms with van der Waals surface area (Å²) in [6.07, 6.45) is 2.56. The van der Waals surface area contributed by atoms with E-state index in [0.717, 1.165) is 18.5 Å². The number of pyridine rings is 1. The summed E-state index contributed by atoms with van der Waals surface area (Å²) in [5.41, 5.74) is 1.29. The van der Waals surface area contributed by atoms with Gasteiger partial charge in [-0.2, -0.15) is 5.26 Å². The van der Waals surface area contributed by atoms with Crippen molar-refractivity contribution in [3.05, 3.63) is 29.6 Å². The third kappa shape index (κ3) is 4.15. The van der Waals surface area contributed by atoms with Crippen LogP contribution in [0.4, 0.5) is 0 Å². The molecule has 1 heterocycles. The molecule has 18 heavy (non-hydrogen) atoms. The van der Waals surface area contributed by atoms with Crippen LogP contribution < -0.4 is 5.32 Å². The molecule has 5 heteroatoms. The fraction of sp³-hybridized carbons (Fsp3) is 0.462. The van der Waals surface area contributed by atoms with E-state index in [4.69, 9.17) is 5.26 Å². The van der Waals surface area contributed by atoms with E-state index >= 15 is 0 Å². The number of hydrogen-bond donors (Lipinski definition) is 1. The Morgan fingerprint density at radius 1 is 1.61 bits per heavy atom. The van der Waals surface area contributed by atoms with E-state index in [9.17, 15) is 4.79 Å². The van der Waals surface area contributed by atoms with E-state index in [-0.39, 0.29) is 5.91 Å². The quantitative estimate of drug-likeness (QED) is 0.810. The molecule has 1 amide bonds. The molecule has 0 aromatic carbocycles. The number of hydrogen-bond acceptors (Lipinski definition) is 4. The monoisotopic (exact) mass is 246 g/mol. The molecule has 0 aliphatic carbocycles. The number of amides is 1. The summed E-state index contributed by atoms with van der Waals surface area (Å²) in [4.78, 5) is 17.4. The molecule has 96 valence electrons. The molecule has 0 spiro atoms. The molecule has 0 atom stereocenters. The number of rotatable bonds is 6. The first-order valence-electron chi connectivity index (χ1n) is 5.98. The number of nitrogens with one attached hydrogen (secondary N) is 1. The lowest BCUT2D eigenvalue weighted by molar-refractivity contribution is -0.121. The van der Waals surface area contributed by atoms with Gasteiger partial charge in [-0.15, -0.1) is 0 Å². The average molecular weight is 246 g/mol. The summed E-state index contributed by atoms with van der Waals surface area (Å²) in [6, 6.07) is 5.75. The smallest absolute Gasteiger partial charge is 0.233 e. The number of carbonyl (C=O) groups is 1. The SMILES string of the molecule is CCCN(CC(=O)NC)Cc1cccnc1C#N. The van der Waals surface area contributed by atoms with Crippen LogP contribution in [0.15, 0.2) is 18.3 Å². The molecule has 5 nitrogen and oxygen atoms in total. The lowest BCUT2D eigenvalue weighted by atomic mass is 10.2. The highest BCUT2D eigenvalue weighted by Crippen LogP contribution is 2.08. The van der Waals surface area contributed by atoms with Crippen molar-refractivity contribution in [2.75, 3.05) is 20.1 Å². The summed E-state index contributed by atoms with van der Waals surface area (Å²) in [7, 11) is 1.62. The van der Waals surface area contributed by atoms with Crippen LogP contribution in [0, 0.1) is 11.3 Å². The summed E-state index contributed by atoms with van der Waals surface area (Å²) >= 11 is 0. The molecular formula is C13H18N4O. The predicted octanol–water partition coefficient (Wildman–Crippen LogP) is 0.911. The third-order valence-electron chi connectivity index (χ3n) is 2.58. The van der Waals surface area contributed by atoms with Gasteiger partial charge in [-0.1, -0.05) is 13.0 Å². The predicted molar refractivity (Wildman–Crippen MR) is 68.6 cm³/mol. The second-order valence-corrected chi connectivity index (χ2v) is 4.01. The van der Waals surface area contributed by atoms with Gasteiger partial charge in [0.25, 0.3) is 0 Å². The Kier molecular flexibility index (Phi) is 5.81. The van der Waals surface area contributed by atoms with E-state index in [1.165, 1.54) is 0 Å². The van der Waals surface area contributed by atoms with Crippen LogP contribution >= 0.6 is 0 Å². The standard InChI is InChI=1S/C13H18N4O/c1-3-7-17(10-13(18)15-2)9-11-5-4-6-16-12(11)8-14/h4-6H,3,7,9-10H2,1-2H3,(H,15,18). The molecule has 1 rings (SSSR count). The molecule has 0 radical (unpaired) electrons. The third-order valence-corrected chi connectivity index (χ3v) is 2.58. The maximum atomic E-state index is 11.4. The zero-order valence-electron chi connectivity index (χ0n) is 10.8. The van der Waals surface area contributed by atoms with Crippen LogP contribution in [-0.2, 0) is 11.3 Å². The van der Waals surface area contributed by atoms with Gasteiger partial charge in [-0.3, -0.25) is 9.69 Å². The van der Waals surface area contributed by atoms with Crippen LogP contribution in [0.3, 0.4) is 0 Å². The Bertz CT molecular complexity index is 439. The van der Waals surface area contributed by atoms with E-state index in [1.54, 1.807) is 19.3 Å². The zero-order chi connectivity index (χ0) is 13.4. The Morgan fingerprint density at radius 2 is 2.39 bits per heavy atom. The molecule has 1 N–H and O–H groups in total. The van der Waals surface area contributed by atoms with Gasteiger partial charge < -0.3 is 5.32 Å². The number of nitrogens with zero attached hydrogens (tertiary/aromatic N) is 3. The van der Waals surface area contributed by atoms with Gasteiger partial charge in [0.15, 0.2) is 0 Å². The van der Waals surface area contributed by atoms with E-state index in [0.29, 0.717) is 18.8 Å². The first-order chi connectivity index (χ1) is 8.71. The molecule has 0 aliphatic rings. The molecule has 0 aliphatic heterocycles. The minimum absolute atomic E-state index is 0.0224. The van der Waals surface area contributed by atoms with Crippen molar-refractivity contribution >= 4 is 5.91 Å². The minimum Gasteiger partial charge on any atom is -0.358 e. The summed E-state index contributed by atoms with van der Waals surface area (Å²) < 4.78 is 0. The lowest BCUT2D eigenvalue weighted by Gasteiger charge is -2.20. The molecule has 1 aromatic heterocycles. The highest BCUT2D eigenvalue weighted by Gasteiger charge is 2.12. The van der Waals surface area contributed by atoms with Crippen LogP contribution in [0.25, 0.3) is 0 Å². The second-order valence-electron chi connectivity index (χ2n) is 4.01. The topological polar surface area (TPSA) is 69.0 Å². The maximum Gasteiger partial charge on any atom is 0.233 e. The molecule has 0 bridgehead atoms. The maximum absolute atomic E-state index is 11.4. The summed E-state index contributed by atoms with van der Waals surface area (Å²) in [6.45, 7) is 3.78. The zero-order valence-corrected chi connectivity index (χ0v) is 10.8. The fourth-order valence-corrected chi connectivity index (χ4v) is 1.72. The molecule has 1 aromatic rings. The van der Waals surface area contributed by atoms with Gasteiger partial charge >= 0.3 is 0 Å². The van der Waals surface area contributed by atoms with Gasteiger partial charge in [-0.25, -0.2) is 4.98 Å². The van der Waals surface area contributed by atoms with E-state index in [2.05, 4.69) is 23.3 Å². The number of aromatic nitrogens is 1. The second kappa shape index (κ2) is 7.41. The molecule has 0 saturated carbocycles. The molecule has 0 fully saturated rings. The fourth-order valence-electron chi connectivity index (χ4n) is 1.72. The van der Waals surface area contributed by atoms with E-state index < -0.39 is 0 Å². The number of likely N-dealkylation sites (N-methyl/N-ethyl adjacent to an activating group) is 1. The Labute approximate surface area is 107 Å². The average Bonchev–Trinajstić information content (AvgIpc) is 2.39. The van der Waals surface area contributed by atoms with Gasteiger partial charge in [0, 0.05) is 25.4 Å². The van der Waals surface area contributed by atoms with Crippen LogP contribution in [0.1, 0.15) is 24.6 Å². The normalized spacial score (nSPS) is 10.1. The first kappa shape index (κ1) is 14.1. The molecule has 0 unspecified atom stereocenters. The van der Waals surface area contributed by atoms with Crippen molar-refractivity contribution in [2.45, 2.75) is 19.9 Å². The van der Waals surface area contributed by atoms with Crippen LogP contribution in [0.5, 0.6) is 0 Å². The van der Waals surface area contributed by atoms with Gasteiger partial charge in [0.2, 0.25) is 5.91 Å². The van der Waals surface area contributed by atoms with Gasteiger partial charge in [-0.05, 0) is 19.0 Å². The minimum atomic E-state index is -0.0224. The summed E-state index contributed by atoms with van der Waals surface area (Å²) in [5, 5.41) is 11.6. The van der Waals surface area contributed by atoms with Crippen molar-refractivity contribution in [2.24, 2.45) is 0 Å². The van der Waals surface area contributed by atoms with Gasteiger partial charge in [0.1, 0.15) is 11.8 Å². The Morgan fingerprint density at radius 3 is 3.00 bits per heavy atom. The largest absolute Gasteiger partial charge is 0.358 e. The highest BCUT2D eigenvalue weighted by molar-refractivity contribution is 5.77. The van der Waals surface area contributed by atoms with Crippen molar-refractivity contribution < 1.29 is 4.79 Å². The van der Waals surface area contributed by atoms with Crippen LogP contribution in [-0.4, -0.2) is 35.9 Å². The van der Waals surface area contributed by atoms with E-state index in [1.807, 2.05) is 11.0 Å².